The molecule has 1 heterocycles. The average molecular weight is 611 g/mol. The quantitative estimate of drug-likeness (QED) is 0.171. The molecular weight excluding hydrogens is 580 g/mol. The molecule has 10 nitrogen and oxygen atoms in total. The van der Waals surface area contributed by atoms with Gasteiger partial charge in [-0.05, 0) is 48.5 Å². The Labute approximate surface area is 259 Å². The number of carbonyl (C=O) groups is 4. The van der Waals surface area contributed by atoms with E-state index in [-0.39, 0.29) is 22.3 Å². The molecule has 1 aliphatic rings. The molecule has 4 aromatic rings. The Bertz CT molecular complexity index is 1600. The predicted molar refractivity (Wildman–Crippen MR) is 159 cm³/mol. The van der Waals surface area contributed by atoms with Crippen molar-refractivity contribution in [1.29, 1.82) is 0 Å². The van der Waals surface area contributed by atoms with E-state index in [0.29, 0.717) is 0 Å². The first-order valence-corrected chi connectivity index (χ1v) is 14.1. The first-order chi connectivity index (χ1) is 21.9. The number of esters is 4. The van der Waals surface area contributed by atoms with E-state index in [4.69, 9.17) is 28.4 Å². The molecular formula is C35H30O10. The van der Waals surface area contributed by atoms with E-state index in [2.05, 4.69) is 0 Å². The average Bonchev–Trinajstić information content (AvgIpc) is 3.39. The van der Waals surface area contributed by atoms with Crippen LogP contribution in [0.25, 0.3) is 0 Å². The van der Waals surface area contributed by atoms with Crippen molar-refractivity contribution in [3.63, 3.8) is 0 Å². The first kappa shape index (κ1) is 31.1. The van der Waals surface area contributed by atoms with Crippen LogP contribution in [-0.4, -0.2) is 68.3 Å². The van der Waals surface area contributed by atoms with E-state index in [9.17, 15) is 19.2 Å². The zero-order chi connectivity index (χ0) is 31.6. The summed E-state index contributed by atoms with van der Waals surface area (Å²) in [5.41, 5.74) is 0.974. The van der Waals surface area contributed by atoms with E-state index in [0.717, 1.165) is 0 Å². The summed E-state index contributed by atoms with van der Waals surface area (Å²) in [4.78, 5) is 52.4. The van der Waals surface area contributed by atoms with Crippen LogP contribution in [0.3, 0.4) is 0 Å². The topological polar surface area (TPSA) is 124 Å². The van der Waals surface area contributed by atoms with Gasteiger partial charge < -0.3 is 28.4 Å². The van der Waals surface area contributed by atoms with Crippen LogP contribution in [0.1, 0.15) is 41.4 Å². The minimum atomic E-state index is -1.96. The number of hydrogen-bond acceptors (Lipinski definition) is 10. The molecule has 1 aliphatic heterocycles. The lowest BCUT2D eigenvalue weighted by Crippen LogP contribution is -2.52. The van der Waals surface area contributed by atoms with Gasteiger partial charge in [-0.2, -0.15) is 0 Å². The SMILES string of the molecule is CO[C@]1(COC(=O)c2ccccc2)O[C@H](COC(=O)c2ccccc2)[C@@H](OC(=O)c2ccccc2)[C@@H]1OC(=O)c1ccccc1. The van der Waals surface area contributed by atoms with Crippen molar-refractivity contribution in [3.05, 3.63) is 144 Å². The molecule has 10 heteroatoms. The summed E-state index contributed by atoms with van der Waals surface area (Å²) in [5.74, 6) is -4.84. The van der Waals surface area contributed by atoms with Crippen molar-refractivity contribution in [3.8, 4) is 0 Å². The molecule has 0 bridgehead atoms. The minimum Gasteiger partial charge on any atom is -0.459 e. The van der Waals surface area contributed by atoms with E-state index < -0.39 is 61.2 Å². The van der Waals surface area contributed by atoms with Crippen LogP contribution in [0.15, 0.2) is 121 Å². The molecule has 4 atom stereocenters. The van der Waals surface area contributed by atoms with Gasteiger partial charge in [0, 0.05) is 7.11 Å². The number of rotatable bonds is 11. The van der Waals surface area contributed by atoms with Crippen molar-refractivity contribution >= 4 is 23.9 Å². The number of ether oxygens (including phenoxy) is 6. The van der Waals surface area contributed by atoms with E-state index in [1.54, 1.807) is 121 Å². The number of benzene rings is 4. The third-order valence-corrected chi connectivity index (χ3v) is 7.09. The second kappa shape index (κ2) is 14.4. The largest absolute Gasteiger partial charge is 0.459 e. The van der Waals surface area contributed by atoms with Crippen LogP contribution in [0, 0.1) is 0 Å². The number of hydrogen-bond donors (Lipinski definition) is 0. The Morgan fingerprint density at radius 2 is 0.978 bits per heavy atom. The molecule has 0 N–H and O–H groups in total. The van der Waals surface area contributed by atoms with Crippen LogP contribution in [0.5, 0.6) is 0 Å². The summed E-state index contributed by atoms with van der Waals surface area (Å²) < 4.78 is 34.9. The first-order valence-electron chi connectivity index (χ1n) is 14.1. The molecule has 230 valence electrons. The summed E-state index contributed by atoms with van der Waals surface area (Å²) in [6, 6.07) is 32.8. The van der Waals surface area contributed by atoms with Gasteiger partial charge in [0.25, 0.3) is 0 Å². The van der Waals surface area contributed by atoms with E-state index in [1.807, 2.05) is 0 Å². The van der Waals surface area contributed by atoms with Crippen molar-refractivity contribution < 1.29 is 47.6 Å². The fraction of sp³-hybridized carbons (Fsp3) is 0.200. The lowest BCUT2D eigenvalue weighted by Gasteiger charge is -2.32. The second-order valence-electron chi connectivity index (χ2n) is 10.0. The van der Waals surface area contributed by atoms with Crippen LogP contribution in [0.4, 0.5) is 0 Å². The lowest BCUT2D eigenvalue weighted by atomic mass is 10.0. The highest BCUT2D eigenvalue weighted by molar-refractivity contribution is 5.91. The smallest absolute Gasteiger partial charge is 0.338 e. The molecule has 5 rings (SSSR count). The molecule has 45 heavy (non-hydrogen) atoms. The second-order valence-corrected chi connectivity index (χ2v) is 10.0. The standard InChI is InChI=1S/C35H30O10/c1-40-35(23-42-32(37)25-16-8-3-9-17-25)30(44-34(39)27-20-12-5-13-21-27)29(43-33(38)26-18-10-4-11-19-26)28(45-35)22-41-31(36)24-14-6-2-7-15-24/h2-21,28-30H,22-23H2,1H3/t28-,29-,30+,35-/m1/s1. The Morgan fingerprint density at radius 1 is 0.578 bits per heavy atom. The fourth-order valence-corrected chi connectivity index (χ4v) is 4.76. The van der Waals surface area contributed by atoms with Gasteiger partial charge in [-0.25, -0.2) is 19.2 Å². The maximum atomic E-state index is 13.4. The Kier molecular flexibility index (Phi) is 9.98. The van der Waals surface area contributed by atoms with Crippen molar-refractivity contribution in [1.82, 2.24) is 0 Å². The highest BCUT2D eigenvalue weighted by Crippen LogP contribution is 2.38. The third-order valence-electron chi connectivity index (χ3n) is 7.09. The molecule has 1 fully saturated rings. The molecule has 4 aromatic carbocycles. The summed E-state index contributed by atoms with van der Waals surface area (Å²) in [6.07, 6.45) is -4.02. The van der Waals surface area contributed by atoms with Gasteiger partial charge >= 0.3 is 23.9 Å². The van der Waals surface area contributed by atoms with Crippen molar-refractivity contribution in [2.24, 2.45) is 0 Å². The summed E-state index contributed by atoms with van der Waals surface area (Å²) in [6.45, 7) is -0.982. The molecule has 0 amide bonds. The van der Waals surface area contributed by atoms with Gasteiger partial charge in [-0.1, -0.05) is 72.8 Å². The summed E-state index contributed by atoms with van der Waals surface area (Å²) in [7, 11) is 1.27. The third kappa shape index (κ3) is 7.43. The van der Waals surface area contributed by atoms with Gasteiger partial charge in [0.15, 0.2) is 12.2 Å². The predicted octanol–water partition coefficient (Wildman–Crippen LogP) is 4.89. The van der Waals surface area contributed by atoms with Crippen LogP contribution < -0.4 is 0 Å². The summed E-state index contributed by atoms with van der Waals surface area (Å²) >= 11 is 0. The zero-order valence-corrected chi connectivity index (χ0v) is 24.3. The fourth-order valence-electron chi connectivity index (χ4n) is 4.76. The molecule has 0 aliphatic carbocycles. The van der Waals surface area contributed by atoms with Gasteiger partial charge in [-0.15, -0.1) is 0 Å². The summed E-state index contributed by atoms with van der Waals surface area (Å²) in [5, 5.41) is 0. The molecule has 0 aromatic heterocycles. The highest BCUT2D eigenvalue weighted by atomic mass is 16.8. The van der Waals surface area contributed by atoms with Gasteiger partial charge in [0.1, 0.15) is 19.3 Å². The normalized spacial score (nSPS) is 20.5. The van der Waals surface area contributed by atoms with Crippen LogP contribution in [0.2, 0.25) is 0 Å². The molecule has 1 saturated heterocycles. The minimum absolute atomic E-state index is 0.205. The highest BCUT2D eigenvalue weighted by Gasteiger charge is 2.61. The Hall–Kier alpha value is -5.32. The molecule has 0 radical (unpaired) electrons. The van der Waals surface area contributed by atoms with Crippen LogP contribution >= 0.6 is 0 Å². The number of methoxy groups -OCH3 is 1. The van der Waals surface area contributed by atoms with Crippen molar-refractivity contribution in [2.45, 2.75) is 24.1 Å². The number of carbonyl (C=O) groups excluding carboxylic acids is 4. The van der Waals surface area contributed by atoms with Crippen molar-refractivity contribution in [2.75, 3.05) is 20.3 Å². The van der Waals surface area contributed by atoms with Gasteiger partial charge in [-0.3, -0.25) is 0 Å². The zero-order valence-electron chi connectivity index (χ0n) is 24.3. The van der Waals surface area contributed by atoms with Gasteiger partial charge in [0.05, 0.1) is 22.3 Å². The Morgan fingerprint density at radius 3 is 1.42 bits per heavy atom. The molecule has 0 unspecified atom stereocenters. The van der Waals surface area contributed by atoms with E-state index >= 15 is 0 Å². The molecule has 0 saturated carbocycles. The maximum absolute atomic E-state index is 13.4. The monoisotopic (exact) mass is 610 g/mol. The van der Waals surface area contributed by atoms with E-state index in [1.165, 1.54) is 7.11 Å². The molecule has 0 spiro atoms. The maximum Gasteiger partial charge on any atom is 0.338 e. The van der Waals surface area contributed by atoms with Crippen LogP contribution in [-0.2, 0) is 28.4 Å². The van der Waals surface area contributed by atoms with Gasteiger partial charge in [0.2, 0.25) is 5.79 Å². The Balaban J connectivity index is 1.47. The lowest BCUT2D eigenvalue weighted by molar-refractivity contribution is -0.262.